The number of nitrogens with zero attached hydrogens (tertiary/aromatic N) is 2. The van der Waals surface area contributed by atoms with E-state index in [1.165, 1.54) is 4.68 Å². The van der Waals surface area contributed by atoms with Gasteiger partial charge in [0.05, 0.1) is 12.3 Å². The number of rotatable bonds is 3. The third-order valence-electron chi connectivity index (χ3n) is 2.09. The van der Waals surface area contributed by atoms with E-state index >= 15 is 0 Å². The number of benzene rings is 1. The maximum Gasteiger partial charge on any atom is 0.348 e. The van der Waals surface area contributed by atoms with Crippen LogP contribution in [0.4, 0.5) is 0 Å². The van der Waals surface area contributed by atoms with Gasteiger partial charge in [-0.2, -0.15) is 4.68 Å². The highest BCUT2D eigenvalue weighted by atomic mass is 79.9. The zero-order valence-electron chi connectivity index (χ0n) is 8.35. The predicted octanol–water partition coefficient (Wildman–Crippen LogP) is 0.858. The molecule has 2 aromatic rings. The van der Waals surface area contributed by atoms with Crippen molar-refractivity contribution in [2.75, 3.05) is 6.61 Å². The zero-order valence-corrected chi connectivity index (χ0v) is 9.94. The van der Waals surface area contributed by atoms with Crippen molar-refractivity contribution in [2.45, 2.75) is 6.42 Å². The first-order valence-corrected chi connectivity index (χ1v) is 5.55. The number of aliphatic hydroxyl groups is 1. The van der Waals surface area contributed by atoms with Gasteiger partial charge in [0.25, 0.3) is 0 Å². The monoisotopic (exact) mass is 283 g/mol. The molecule has 0 aliphatic heterocycles. The molecule has 5 nitrogen and oxygen atoms in total. The molecule has 0 aliphatic carbocycles. The molecule has 1 aromatic carbocycles. The number of aromatic amines is 1. The molecule has 0 bridgehead atoms. The lowest BCUT2D eigenvalue weighted by molar-refractivity contribution is 0.296. The molecule has 0 unspecified atom stereocenters. The predicted molar refractivity (Wildman–Crippen MR) is 62.7 cm³/mol. The molecule has 84 valence electrons. The minimum absolute atomic E-state index is 0.0388. The molecule has 0 saturated heterocycles. The van der Waals surface area contributed by atoms with Crippen molar-refractivity contribution in [3.8, 4) is 5.69 Å². The van der Waals surface area contributed by atoms with Crippen molar-refractivity contribution in [1.82, 2.24) is 14.8 Å². The van der Waals surface area contributed by atoms with Gasteiger partial charge in [-0.15, -0.1) is 5.10 Å². The second-order valence-corrected chi connectivity index (χ2v) is 4.07. The number of H-pyrrole nitrogens is 1. The topological polar surface area (TPSA) is 70.9 Å². The minimum atomic E-state index is -0.310. The van der Waals surface area contributed by atoms with Gasteiger partial charge < -0.3 is 5.11 Å². The zero-order chi connectivity index (χ0) is 11.5. The molecule has 0 atom stereocenters. The van der Waals surface area contributed by atoms with Crippen molar-refractivity contribution in [1.29, 1.82) is 0 Å². The van der Waals surface area contributed by atoms with Crippen LogP contribution in [0.25, 0.3) is 5.69 Å². The third kappa shape index (κ3) is 2.07. The number of aliphatic hydroxyl groups excluding tert-OH is 1. The number of nitrogens with one attached hydrogen (secondary N) is 1. The van der Waals surface area contributed by atoms with Crippen molar-refractivity contribution in [2.24, 2.45) is 0 Å². The van der Waals surface area contributed by atoms with Crippen molar-refractivity contribution in [3.05, 3.63) is 45.0 Å². The van der Waals surface area contributed by atoms with E-state index in [2.05, 4.69) is 26.0 Å². The first-order valence-electron chi connectivity index (χ1n) is 4.76. The van der Waals surface area contributed by atoms with Crippen LogP contribution in [0.3, 0.4) is 0 Å². The molecule has 0 spiro atoms. The highest BCUT2D eigenvalue weighted by Gasteiger charge is 2.08. The summed E-state index contributed by atoms with van der Waals surface area (Å²) in [6.45, 7) is -0.0388. The maximum atomic E-state index is 11.6. The van der Waals surface area contributed by atoms with E-state index in [0.29, 0.717) is 17.9 Å². The summed E-state index contributed by atoms with van der Waals surface area (Å²) < 4.78 is 2.06. The van der Waals surface area contributed by atoms with Gasteiger partial charge in [-0.05, 0) is 28.1 Å². The quantitative estimate of drug-likeness (QED) is 0.878. The van der Waals surface area contributed by atoms with Crippen LogP contribution in [-0.4, -0.2) is 26.5 Å². The summed E-state index contributed by atoms with van der Waals surface area (Å²) in [6, 6.07) is 7.31. The third-order valence-corrected chi connectivity index (χ3v) is 2.76. The van der Waals surface area contributed by atoms with E-state index in [-0.39, 0.29) is 12.3 Å². The Labute approximate surface area is 99.9 Å². The van der Waals surface area contributed by atoms with Gasteiger partial charge >= 0.3 is 5.69 Å². The molecule has 0 radical (unpaired) electrons. The Hall–Kier alpha value is -1.40. The summed E-state index contributed by atoms with van der Waals surface area (Å²) in [5, 5.41) is 12.9. The number of para-hydroxylation sites is 1. The minimum Gasteiger partial charge on any atom is -0.396 e. The Bertz CT molecular complexity index is 547. The molecule has 1 aromatic heterocycles. The standard InChI is InChI=1S/C10H10BrN3O2/c11-7-3-1-2-4-8(7)14-10(16)12-9(13-14)5-6-15/h1-4,15H,5-6H2,(H,12,13,16). The summed E-state index contributed by atoms with van der Waals surface area (Å²) in [6.07, 6.45) is 0.340. The molecule has 0 amide bonds. The van der Waals surface area contributed by atoms with Crippen LogP contribution < -0.4 is 5.69 Å². The SMILES string of the molecule is O=c1[nH]c(CCO)nn1-c1ccccc1Br. The molecule has 6 heteroatoms. The molecule has 0 saturated carbocycles. The lowest BCUT2D eigenvalue weighted by atomic mass is 10.3. The fraction of sp³-hybridized carbons (Fsp3) is 0.200. The summed E-state index contributed by atoms with van der Waals surface area (Å²) in [5.74, 6) is 0.475. The number of aromatic nitrogens is 3. The summed E-state index contributed by atoms with van der Waals surface area (Å²) >= 11 is 3.35. The van der Waals surface area contributed by atoms with Crippen LogP contribution in [-0.2, 0) is 6.42 Å². The Kier molecular flexibility index (Phi) is 3.21. The van der Waals surface area contributed by atoms with Crippen molar-refractivity contribution >= 4 is 15.9 Å². The Morgan fingerprint density at radius 3 is 2.88 bits per heavy atom. The second-order valence-electron chi connectivity index (χ2n) is 3.21. The fourth-order valence-electron chi connectivity index (χ4n) is 1.37. The maximum absolute atomic E-state index is 11.6. The molecule has 1 heterocycles. The largest absolute Gasteiger partial charge is 0.396 e. The van der Waals surface area contributed by atoms with E-state index in [0.717, 1.165) is 4.47 Å². The highest BCUT2D eigenvalue weighted by Crippen LogP contribution is 2.17. The van der Waals surface area contributed by atoms with Gasteiger partial charge in [0, 0.05) is 10.9 Å². The van der Waals surface area contributed by atoms with E-state index in [1.54, 1.807) is 6.07 Å². The van der Waals surface area contributed by atoms with Crippen LogP contribution in [0.1, 0.15) is 5.82 Å². The Morgan fingerprint density at radius 2 is 2.19 bits per heavy atom. The normalized spacial score (nSPS) is 10.6. The molecule has 0 fully saturated rings. The van der Waals surface area contributed by atoms with E-state index in [1.807, 2.05) is 18.2 Å². The highest BCUT2D eigenvalue weighted by molar-refractivity contribution is 9.10. The van der Waals surface area contributed by atoms with Crippen LogP contribution in [0.5, 0.6) is 0 Å². The first kappa shape index (κ1) is 11.1. The average Bonchev–Trinajstić information content (AvgIpc) is 2.61. The molecule has 16 heavy (non-hydrogen) atoms. The average molecular weight is 284 g/mol. The lowest BCUT2D eigenvalue weighted by Gasteiger charge is -2.01. The van der Waals surface area contributed by atoms with Crippen molar-refractivity contribution in [3.63, 3.8) is 0 Å². The molecule has 2 N–H and O–H groups in total. The summed E-state index contributed by atoms with van der Waals surface area (Å²) in [4.78, 5) is 14.2. The summed E-state index contributed by atoms with van der Waals surface area (Å²) in [7, 11) is 0. The smallest absolute Gasteiger partial charge is 0.348 e. The fourth-order valence-corrected chi connectivity index (χ4v) is 1.83. The lowest BCUT2D eigenvalue weighted by Crippen LogP contribution is -2.16. The molecule has 2 rings (SSSR count). The van der Waals surface area contributed by atoms with Crippen LogP contribution in [0, 0.1) is 0 Å². The number of hydrogen-bond acceptors (Lipinski definition) is 3. The number of hydrogen-bond donors (Lipinski definition) is 2. The van der Waals surface area contributed by atoms with E-state index < -0.39 is 0 Å². The Balaban J connectivity index is 2.48. The van der Waals surface area contributed by atoms with Gasteiger partial charge in [0.15, 0.2) is 0 Å². The van der Waals surface area contributed by atoms with E-state index in [4.69, 9.17) is 5.11 Å². The van der Waals surface area contributed by atoms with E-state index in [9.17, 15) is 4.79 Å². The molecule has 0 aliphatic rings. The summed E-state index contributed by atoms with van der Waals surface area (Å²) in [5.41, 5.74) is 0.364. The van der Waals surface area contributed by atoms with Gasteiger partial charge in [-0.25, -0.2) is 4.79 Å². The first-order chi connectivity index (χ1) is 7.72. The van der Waals surface area contributed by atoms with Crippen LogP contribution >= 0.6 is 15.9 Å². The van der Waals surface area contributed by atoms with Crippen molar-refractivity contribution < 1.29 is 5.11 Å². The van der Waals surface area contributed by atoms with Gasteiger partial charge in [0.2, 0.25) is 0 Å². The Morgan fingerprint density at radius 1 is 1.44 bits per heavy atom. The molecular weight excluding hydrogens is 274 g/mol. The van der Waals surface area contributed by atoms with Gasteiger partial charge in [-0.3, -0.25) is 4.98 Å². The number of halogens is 1. The van der Waals surface area contributed by atoms with Crippen LogP contribution in [0.2, 0.25) is 0 Å². The van der Waals surface area contributed by atoms with Gasteiger partial charge in [0.1, 0.15) is 5.82 Å². The van der Waals surface area contributed by atoms with Crippen LogP contribution in [0.15, 0.2) is 33.5 Å². The molecular formula is C10H10BrN3O2. The van der Waals surface area contributed by atoms with Gasteiger partial charge in [-0.1, -0.05) is 12.1 Å². The second kappa shape index (κ2) is 4.63.